The van der Waals surface area contributed by atoms with Crippen LogP contribution >= 0.6 is 0 Å². The Balaban J connectivity index is 2.37. The van der Waals surface area contributed by atoms with Gasteiger partial charge in [-0.25, -0.2) is 0 Å². The molecule has 1 amide bonds. The van der Waals surface area contributed by atoms with Crippen molar-refractivity contribution in [2.45, 2.75) is 58.4 Å². The molecule has 0 spiro atoms. The molecule has 16 heavy (non-hydrogen) atoms. The molecule has 1 unspecified atom stereocenters. The first-order valence-electron chi connectivity index (χ1n) is 6.37. The van der Waals surface area contributed by atoms with E-state index in [0.717, 1.165) is 44.4 Å². The molecule has 0 saturated heterocycles. The molecular weight excluding hydrogens is 200 g/mol. The van der Waals surface area contributed by atoms with Crippen molar-refractivity contribution >= 4 is 5.91 Å². The molecular formula is C13H22N2O. The average molecular weight is 222 g/mol. The summed E-state index contributed by atoms with van der Waals surface area (Å²) in [4.78, 5) is 11.9. The molecule has 1 aliphatic rings. The molecule has 1 N–H and O–H groups in total. The molecule has 1 atom stereocenters. The molecule has 1 saturated carbocycles. The van der Waals surface area contributed by atoms with Gasteiger partial charge in [-0.3, -0.25) is 4.79 Å². The van der Waals surface area contributed by atoms with E-state index in [-0.39, 0.29) is 17.9 Å². The zero-order valence-electron chi connectivity index (χ0n) is 10.3. The van der Waals surface area contributed by atoms with Crippen LogP contribution in [-0.2, 0) is 4.79 Å². The number of nitrogens with zero attached hydrogens (tertiary/aromatic N) is 1. The molecule has 1 rings (SSSR count). The van der Waals surface area contributed by atoms with Crippen molar-refractivity contribution in [2.75, 3.05) is 0 Å². The molecule has 0 aliphatic heterocycles. The predicted octanol–water partition coefficient (Wildman–Crippen LogP) is 2.62. The summed E-state index contributed by atoms with van der Waals surface area (Å²) in [5.41, 5.74) is 0. The van der Waals surface area contributed by atoms with E-state index in [2.05, 4.69) is 18.3 Å². The number of hydrogen-bond acceptors (Lipinski definition) is 2. The fraction of sp³-hybridized carbons (Fsp3) is 0.846. The molecule has 1 aliphatic carbocycles. The Morgan fingerprint density at radius 1 is 1.44 bits per heavy atom. The van der Waals surface area contributed by atoms with Gasteiger partial charge in [-0.1, -0.05) is 20.3 Å². The highest BCUT2D eigenvalue weighted by Gasteiger charge is 2.25. The van der Waals surface area contributed by atoms with Gasteiger partial charge in [0.05, 0.1) is 6.07 Å². The predicted molar refractivity (Wildman–Crippen MR) is 63.6 cm³/mol. The summed E-state index contributed by atoms with van der Waals surface area (Å²) in [6.07, 6.45) is 5.94. The molecule has 0 bridgehead atoms. The van der Waals surface area contributed by atoms with Gasteiger partial charge in [-0.2, -0.15) is 5.26 Å². The van der Waals surface area contributed by atoms with Gasteiger partial charge in [0.2, 0.25) is 5.91 Å². The number of hydrogen-bond donors (Lipinski definition) is 1. The van der Waals surface area contributed by atoms with Crippen molar-refractivity contribution in [3.05, 3.63) is 0 Å². The highest BCUT2D eigenvalue weighted by Crippen LogP contribution is 2.28. The van der Waals surface area contributed by atoms with Crippen LogP contribution in [0, 0.1) is 23.2 Å². The number of carbonyl (C=O) groups excluding carboxylic acids is 1. The minimum Gasteiger partial charge on any atom is -0.340 e. The molecule has 1 fully saturated rings. The molecule has 0 aromatic carbocycles. The highest BCUT2D eigenvalue weighted by atomic mass is 16.1. The van der Waals surface area contributed by atoms with Crippen LogP contribution in [0.3, 0.4) is 0 Å². The third kappa shape index (κ3) is 3.84. The van der Waals surface area contributed by atoms with Crippen LogP contribution in [0.25, 0.3) is 0 Å². The van der Waals surface area contributed by atoms with Gasteiger partial charge in [0.25, 0.3) is 0 Å². The Morgan fingerprint density at radius 3 is 2.56 bits per heavy atom. The van der Waals surface area contributed by atoms with Crippen molar-refractivity contribution in [1.82, 2.24) is 5.32 Å². The van der Waals surface area contributed by atoms with Crippen molar-refractivity contribution in [2.24, 2.45) is 11.8 Å². The van der Waals surface area contributed by atoms with Crippen molar-refractivity contribution in [3.63, 3.8) is 0 Å². The number of amides is 1. The number of carbonyl (C=O) groups is 1. The Morgan fingerprint density at radius 2 is 2.06 bits per heavy atom. The van der Waals surface area contributed by atoms with E-state index in [1.165, 1.54) is 0 Å². The van der Waals surface area contributed by atoms with Crippen molar-refractivity contribution < 1.29 is 4.79 Å². The summed E-state index contributed by atoms with van der Waals surface area (Å²) < 4.78 is 0. The number of nitriles is 1. The molecule has 0 aromatic rings. The van der Waals surface area contributed by atoms with E-state index in [1.807, 2.05) is 6.92 Å². The Kier molecular flexibility index (Phi) is 5.31. The summed E-state index contributed by atoms with van der Waals surface area (Å²) in [7, 11) is 0. The number of rotatable bonds is 4. The van der Waals surface area contributed by atoms with Crippen LogP contribution in [0.2, 0.25) is 0 Å². The molecule has 0 radical (unpaired) electrons. The van der Waals surface area contributed by atoms with E-state index in [0.29, 0.717) is 0 Å². The third-order valence-corrected chi connectivity index (χ3v) is 3.44. The molecule has 3 heteroatoms. The summed E-state index contributed by atoms with van der Waals surface area (Å²) in [5, 5.41) is 11.7. The van der Waals surface area contributed by atoms with Crippen LogP contribution in [0.4, 0.5) is 0 Å². The first kappa shape index (κ1) is 13.0. The standard InChI is InChI=1S/C13H22N2O/c1-3-4-12(9-14)15-13(16)11-7-5-10(2)6-8-11/h10-12H,3-8H2,1-2H3,(H,15,16). The topological polar surface area (TPSA) is 52.9 Å². The maximum Gasteiger partial charge on any atom is 0.224 e. The largest absolute Gasteiger partial charge is 0.340 e. The normalized spacial score (nSPS) is 26.8. The first-order valence-corrected chi connectivity index (χ1v) is 6.37. The smallest absolute Gasteiger partial charge is 0.224 e. The molecule has 0 heterocycles. The van der Waals surface area contributed by atoms with Gasteiger partial charge in [-0.15, -0.1) is 0 Å². The fourth-order valence-electron chi connectivity index (χ4n) is 2.27. The average Bonchev–Trinajstić information content (AvgIpc) is 2.29. The zero-order valence-corrected chi connectivity index (χ0v) is 10.3. The Bertz CT molecular complexity index is 262. The van der Waals surface area contributed by atoms with Crippen LogP contribution < -0.4 is 5.32 Å². The lowest BCUT2D eigenvalue weighted by molar-refractivity contribution is -0.126. The second kappa shape index (κ2) is 6.52. The second-order valence-electron chi connectivity index (χ2n) is 4.94. The van der Waals surface area contributed by atoms with E-state index in [9.17, 15) is 4.79 Å². The van der Waals surface area contributed by atoms with E-state index < -0.39 is 0 Å². The first-order chi connectivity index (χ1) is 7.67. The van der Waals surface area contributed by atoms with Crippen LogP contribution in [0.15, 0.2) is 0 Å². The minimum absolute atomic E-state index is 0.0897. The van der Waals surface area contributed by atoms with E-state index in [4.69, 9.17) is 5.26 Å². The monoisotopic (exact) mass is 222 g/mol. The summed E-state index contributed by atoms with van der Waals surface area (Å²) in [5.74, 6) is 0.988. The van der Waals surface area contributed by atoms with Gasteiger partial charge in [0.1, 0.15) is 6.04 Å². The van der Waals surface area contributed by atoms with Crippen molar-refractivity contribution in [1.29, 1.82) is 5.26 Å². The lowest BCUT2D eigenvalue weighted by Gasteiger charge is -2.26. The molecule has 0 aromatic heterocycles. The summed E-state index contributed by atoms with van der Waals surface area (Å²) in [6.45, 7) is 4.27. The molecule has 90 valence electrons. The highest BCUT2D eigenvalue weighted by molar-refractivity contribution is 5.79. The van der Waals surface area contributed by atoms with Gasteiger partial charge in [0, 0.05) is 5.92 Å². The maximum absolute atomic E-state index is 11.9. The quantitative estimate of drug-likeness (QED) is 0.795. The molecule has 3 nitrogen and oxygen atoms in total. The Hall–Kier alpha value is -1.04. The SMILES string of the molecule is CCCC(C#N)NC(=O)C1CCC(C)CC1. The van der Waals surface area contributed by atoms with Crippen LogP contribution in [-0.4, -0.2) is 11.9 Å². The Labute approximate surface area is 98.2 Å². The lowest BCUT2D eigenvalue weighted by Crippen LogP contribution is -2.39. The number of nitrogens with one attached hydrogen (secondary N) is 1. The summed E-state index contributed by atoms with van der Waals surface area (Å²) in [6, 6.07) is 1.86. The maximum atomic E-state index is 11.9. The van der Waals surface area contributed by atoms with Gasteiger partial charge >= 0.3 is 0 Å². The van der Waals surface area contributed by atoms with Crippen LogP contribution in [0.5, 0.6) is 0 Å². The van der Waals surface area contributed by atoms with E-state index >= 15 is 0 Å². The van der Waals surface area contributed by atoms with Crippen molar-refractivity contribution in [3.8, 4) is 6.07 Å². The zero-order chi connectivity index (χ0) is 12.0. The lowest BCUT2D eigenvalue weighted by atomic mass is 9.82. The third-order valence-electron chi connectivity index (χ3n) is 3.44. The minimum atomic E-state index is -0.295. The summed E-state index contributed by atoms with van der Waals surface area (Å²) >= 11 is 0. The van der Waals surface area contributed by atoms with Gasteiger partial charge in [0.15, 0.2) is 0 Å². The van der Waals surface area contributed by atoms with Crippen LogP contribution in [0.1, 0.15) is 52.4 Å². The van der Waals surface area contributed by atoms with E-state index in [1.54, 1.807) is 0 Å². The van der Waals surface area contributed by atoms with Gasteiger partial charge < -0.3 is 5.32 Å². The second-order valence-corrected chi connectivity index (χ2v) is 4.94. The van der Waals surface area contributed by atoms with Gasteiger partial charge in [-0.05, 0) is 38.0 Å². The fourth-order valence-corrected chi connectivity index (χ4v) is 2.27.